The van der Waals surface area contributed by atoms with E-state index in [4.69, 9.17) is 11.2 Å². The summed E-state index contributed by atoms with van der Waals surface area (Å²) in [6, 6.07) is 0.166. The van der Waals surface area contributed by atoms with Crippen molar-refractivity contribution in [2.75, 3.05) is 19.8 Å². The summed E-state index contributed by atoms with van der Waals surface area (Å²) in [5.41, 5.74) is 0. The molecule has 0 bridgehead atoms. The van der Waals surface area contributed by atoms with Crippen molar-refractivity contribution < 1.29 is 14.3 Å². The molecule has 1 aliphatic rings. The molecule has 0 radical (unpaired) electrons. The van der Waals surface area contributed by atoms with Gasteiger partial charge in [0.1, 0.15) is 0 Å². The molecule has 0 aliphatic carbocycles. The SMILES string of the molecule is C#CCOC(=O)NC1CCOCC1. The lowest BCUT2D eigenvalue weighted by Crippen LogP contribution is -2.39. The van der Waals surface area contributed by atoms with Crippen LogP contribution in [0.2, 0.25) is 0 Å². The molecule has 0 unspecified atom stereocenters. The highest BCUT2D eigenvalue weighted by Crippen LogP contribution is 2.05. The van der Waals surface area contributed by atoms with Crippen molar-refractivity contribution in [2.24, 2.45) is 0 Å². The minimum Gasteiger partial charge on any atom is -0.436 e. The second-order valence-electron chi connectivity index (χ2n) is 2.81. The van der Waals surface area contributed by atoms with Crippen LogP contribution >= 0.6 is 0 Å². The summed E-state index contributed by atoms with van der Waals surface area (Å²) in [4.78, 5) is 11.0. The van der Waals surface area contributed by atoms with Gasteiger partial charge in [0.2, 0.25) is 0 Å². The van der Waals surface area contributed by atoms with Crippen LogP contribution in [-0.4, -0.2) is 32.0 Å². The molecule has 0 aromatic heterocycles. The first-order valence-corrected chi connectivity index (χ1v) is 4.27. The van der Waals surface area contributed by atoms with E-state index >= 15 is 0 Å². The van der Waals surface area contributed by atoms with Gasteiger partial charge in [0.05, 0.1) is 0 Å². The number of carbonyl (C=O) groups excluding carboxylic acids is 1. The molecule has 1 fully saturated rings. The van der Waals surface area contributed by atoms with E-state index in [0.717, 1.165) is 12.8 Å². The van der Waals surface area contributed by atoms with Crippen LogP contribution in [0.5, 0.6) is 0 Å². The van der Waals surface area contributed by atoms with Crippen LogP contribution in [0.3, 0.4) is 0 Å². The fraction of sp³-hybridized carbons (Fsp3) is 0.667. The van der Waals surface area contributed by atoms with E-state index in [2.05, 4.69) is 16.0 Å². The third kappa shape index (κ3) is 3.81. The second kappa shape index (κ2) is 5.44. The van der Waals surface area contributed by atoms with E-state index in [1.807, 2.05) is 0 Å². The highest BCUT2D eigenvalue weighted by Gasteiger charge is 2.16. The Hall–Kier alpha value is -1.21. The third-order valence-corrected chi connectivity index (χ3v) is 1.83. The van der Waals surface area contributed by atoms with E-state index in [1.165, 1.54) is 0 Å². The summed E-state index contributed by atoms with van der Waals surface area (Å²) in [5.74, 6) is 2.23. The van der Waals surface area contributed by atoms with Gasteiger partial charge >= 0.3 is 6.09 Å². The fourth-order valence-corrected chi connectivity index (χ4v) is 1.16. The zero-order chi connectivity index (χ0) is 9.52. The first kappa shape index (κ1) is 9.87. The highest BCUT2D eigenvalue weighted by atomic mass is 16.5. The second-order valence-corrected chi connectivity index (χ2v) is 2.81. The number of ether oxygens (including phenoxy) is 2. The highest BCUT2D eigenvalue weighted by molar-refractivity contribution is 5.67. The van der Waals surface area contributed by atoms with E-state index < -0.39 is 6.09 Å². The Kier molecular flexibility index (Phi) is 4.13. The van der Waals surface area contributed by atoms with Gasteiger partial charge in [0, 0.05) is 19.3 Å². The predicted molar refractivity (Wildman–Crippen MR) is 47.2 cm³/mol. The number of hydrogen-bond acceptors (Lipinski definition) is 3. The number of alkyl carbamates (subject to hydrolysis) is 1. The average Bonchev–Trinajstić information content (AvgIpc) is 2.16. The molecule has 4 nitrogen and oxygen atoms in total. The molecule has 1 saturated heterocycles. The van der Waals surface area contributed by atoms with Gasteiger partial charge in [0.25, 0.3) is 0 Å². The van der Waals surface area contributed by atoms with Crippen LogP contribution in [0, 0.1) is 12.3 Å². The number of nitrogens with one attached hydrogen (secondary N) is 1. The summed E-state index contributed by atoms with van der Waals surface area (Å²) in [6.07, 6.45) is 6.17. The van der Waals surface area contributed by atoms with Crippen LogP contribution < -0.4 is 5.32 Å². The number of amides is 1. The standard InChI is InChI=1S/C9H13NO3/c1-2-5-13-9(11)10-8-3-6-12-7-4-8/h1,8H,3-7H2,(H,10,11). The first-order valence-electron chi connectivity index (χ1n) is 4.27. The molecule has 72 valence electrons. The zero-order valence-electron chi connectivity index (χ0n) is 7.41. The van der Waals surface area contributed by atoms with Crippen molar-refractivity contribution in [1.29, 1.82) is 0 Å². The maximum Gasteiger partial charge on any atom is 0.408 e. The molecule has 13 heavy (non-hydrogen) atoms. The molecule has 1 N–H and O–H groups in total. The lowest BCUT2D eigenvalue weighted by molar-refractivity contribution is 0.0748. The third-order valence-electron chi connectivity index (χ3n) is 1.83. The van der Waals surface area contributed by atoms with Crippen molar-refractivity contribution in [3.63, 3.8) is 0 Å². The Morgan fingerprint density at radius 1 is 1.62 bits per heavy atom. The topological polar surface area (TPSA) is 47.6 Å². The maximum absolute atomic E-state index is 11.0. The molecule has 1 rings (SSSR count). The first-order chi connectivity index (χ1) is 6.33. The summed E-state index contributed by atoms with van der Waals surface area (Å²) in [7, 11) is 0. The van der Waals surface area contributed by atoms with Crippen molar-refractivity contribution in [3.05, 3.63) is 0 Å². The average molecular weight is 183 g/mol. The van der Waals surface area contributed by atoms with Gasteiger partial charge in [-0.15, -0.1) is 6.42 Å². The Labute approximate surface area is 77.6 Å². The lowest BCUT2D eigenvalue weighted by atomic mass is 10.1. The van der Waals surface area contributed by atoms with Crippen LogP contribution in [0.1, 0.15) is 12.8 Å². The lowest BCUT2D eigenvalue weighted by Gasteiger charge is -2.22. The molecule has 0 spiro atoms. The molecule has 1 heterocycles. The van der Waals surface area contributed by atoms with E-state index in [9.17, 15) is 4.79 Å². The summed E-state index contributed by atoms with van der Waals surface area (Å²) in [5, 5.41) is 2.72. The zero-order valence-corrected chi connectivity index (χ0v) is 7.41. The minimum absolute atomic E-state index is 0.0229. The van der Waals surface area contributed by atoms with Gasteiger partial charge in [-0.25, -0.2) is 4.79 Å². The van der Waals surface area contributed by atoms with E-state index in [0.29, 0.717) is 13.2 Å². The van der Waals surface area contributed by atoms with E-state index in [-0.39, 0.29) is 12.6 Å². The van der Waals surface area contributed by atoms with Crippen molar-refractivity contribution in [1.82, 2.24) is 5.32 Å². The molecule has 1 aliphatic heterocycles. The molecule has 0 aromatic rings. The Balaban J connectivity index is 2.15. The summed E-state index contributed by atoms with van der Waals surface area (Å²) >= 11 is 0. The molecule has 0 atom stereocenters. The van der Waals surface area contributed by atoms with Gasteiger partial charge in [-0.2, -0.15) is 0 Å². The molecular formula is C9H13NO3. The number of terminal acetylenes is 1. The Bertz CT molecular complexity index is 203. The van der Waals surface area contributed by atoms with Gasteiger partial charge in [-0.3, -0.25) is 0 Å². The molecular weight excluding hydrogens is 170 g/mol. The molecule has 1 amide bonds. The minimum atomic E-state index is -0.440. The Morgan fingerprint density at radius 3 is 2.92 bits per heavy atom. The van der Waals surface area contributed by atoms with Crippen LogP contribution in [-0.2, 0) is 9.47 Å². The number of hydrogen-bond donors (Lipinski definition) is 1. The number of carbonyl (C=O) groups is 1. The molecule has 0 aromatic carbocycles. The van der Waals surface area contributed by atoms with Gasteiger partial charge < -0.3 is 14.8 Å². The largest absolute Gasteiger partial charge is 0.436 e. The fourth-order valence-electron chi connectivity index (χ4n) is 1.16. The van der Waals surface area contributed by atoms with Crippen LogP contribution in [0.4, 0.5) is 4.79 Å². The van der Waals surface area contributed by atoms with Crippen molar-refractivity contribution in [3.8, 4) is 12.3 Å². The van der Waals surface area contributed by atoms with Crippen molar-refractivity contribution in [2.45, 2.75) is 18.9 Å². The molecule has 0 saturated carbocycles. The maximum atomic E-state index is 11.0. The number of rotatable bonds is 2. The van der Waals surface area contributed by atoms with Crippen LogP contribution in [0.15, 0.2) is 0 Å². The predicted octanol–water partition coefficient (Wildman–Crippen LogP) is 0.525. The molecule has 4 heteroatoms. The van der Waals surface area contributed by atoms with Gasteiger partial charge in [0.15, 0.2) is 6.61 Å². The van der Waals surface area contributed by atoms with Gasteiger partial charge in [-0.1, -0.05) is 5.92 Å². The van der Waals surface area contributed by atoms with Crippen molar-refractivity contribution >= 4 is 6.09 Å². The van der Waals surface area contributed by atoms with Crippen LogP contribution in [0.25, 0.3) is 0 Å². The normalized spacial score (nSPS) is 17.5. The quantitative estimate of drug-likeness (QED) is 0.635. The van der Waals surface area contributed by atoms with E-state index in [1.54, 1.807) is 0 Å². The van der Waals surface area contributed by atoms with Gasteiger partial charge in [-0.05, 0) is 12.8 Å². The monoisotopic (exact) mass is 183 g/mol. The smallest absolute Gasteiger partial charge is 0.408 e. The Morgan fingerprint density at radius 2 is 2.31 bits per heavy atom. The summed E-state index contributed by atoms with van der Waals surface area (Å²) in [6.45, 7) is 1.41. The summed E-state index contributed by atoms with van der Waals surface area (Å²) < 4.78 is 9.80.